The van der Waals surface area contributed by atoms with Crippen molar-refractivity contribution in [1.82, 2.24) is 10.2 Å². The summed E-state index contributed by atoms with van der Waals surface area (Å²) < 4.78 is 22.9. The van der Waals surface area contributed by atoms with E-state index < -0.39 is 27.7 Å². The molecule has 2 saturated heterocycles. The van der Waals surface area contributed by atoms with Gasteiger partial charge in [0.1, 0.15) is 0 Å². The predicted octanol–water partition coefficient (Wildman–Crippen LogP) is 0.255. The summed E-state index contributed by atoms with van der Waals surface area (Å²) in [4.78, 5) is 28.3. The SMILES string of the molecule is Cc1cccc(N2CCN(C(=O)C(=O)NC3CCS(=O)(=O)C3)CC2)c1C. The molecule has 0 radical (unpaired) electrons. The smallest absolute Gasteiger partial charge is 0.312 e. The van der Waals surface area contributed by atoms with Gasteiger partial charge in [-0.3, -0.25) is 9.59 Å². The van der Waals surface area contributed by atoms with Gasteiger partial charge < -0.3 is 15.1 Å². The second kappa shape index (κ2) is 7.26. The van der Waals surface area contributed by atoms with Crippen molar-refractivity contribution >= 4 is 27.3 Å². The molecule has 1 aromatic carbocycles. The minimum atomic E-state index is -3.08. The number of sulfone groups is 1. The van der Waals surface area contributed by atoms with Crippen LogP contribution in [-0.2, 0) is 19.4 Å². The van der Waals surface area contributed by atoms with Crippen molar-refractivity contribution in [3.05, 3.63) is 29.3 Å². The van der Waals surface area contributed by atoms with Gasteiger partial charge in [0.05, 0.1) is 11.5 Å². The second-order valence-corrected chi connectivity index (χ2v) is 9.30. The van der Waals surface area contributed by atoms with Crippen LogP contribution in [0.3, 0.4) is 0 Å². The van der Waals surface area contributed by atoms with Crippen molar-refractivity contribution in [3.63, 3.8) is 0 Å². The Labute approximate surface area is 154 Å². The summed E-state index contributed by atoms with van der Waals surface area (Å²) in [5, 5.41) is 2.57. The molecule has 1 aromatic rings. The van der Waals surface area contributed by atoms with Crippen molar-refractivity contribution in [2.45, 2.75) is 26.3 Å². The Morgan fingerprint density at radius 3 is 2.42 bits per heavy atom. The van der Waals surface area contributed by atoms with Crippen LogP contribution in [0, 0.1) is 13.8 Å². The quantitative estimate of drug-likeness (QED) is 0.745. The Bertz CT molecular complexity index is 814. The number of rotatable bonds is 2. The number of amides is 2. The zero-order valence-corrected chi connectivity index (χ0v) is 16.0. The summed E-state index contributed by atoms with van der Waals surface area (Å²) in [6.07, 6.45) is 0.377. The Morgan fingerprint density at radius 1 is 1.12 bits per heavy atom. The van der Waals surface area contributed by atoms with Crippen LogP contribution >= 0.6 is 0 Å². The molecule has 1 N–H and O–H groups in total. The molecule has 26 heavy (non-hydrogen) atoms. The lowest BCUT2D eigenvalue weighted by molar-refractivity contribution is -0.146. The molecule has 0 aliphatic carbocycles. The van der Waals surface area contributed by atoms with Crippen LogP contribution in [0.15, 0.2) is 18.2 Å². The number of hydrogen-bond acceptors (Lipinski definition) is 5. The molecule has 1 unspecified atom stereocenters. The summed E-state index contributed by atoms with van der Waals surface area (Å²) in [5.41, 5.74) is 3.62. The van der Waals surface area contributed by atoms with Crippen LogP contribution in [0.1, 0.15) is 17.5 Å². The second-order valence-electron chi connectivity index (χ2n) is 7.07. The largest absolute Gasteiger partial charge is 0.368 e. The first-order chi connectivity index (χ1) is 12.3. The van der Waals surface area contributed by atoms with Crippen molar-refractivity contribution in [3.8, 4) is 0 Å². The fraction of sp³-hybridized carbons (Fsp3) is 0.556. The summed E-state index contributed by atoms with van der Waals surface area (Å²) in [6.45, 7) is 6.45. The van der Waals surface area contributed by atoms with Gasteiger partial charge in [-0.25, -0.2) is 8.42 Å². The zero-order chi connectivity index (χ0) is 18.9. The Morgan fingerprint density at radius 2 is 1.81 bits per heavy atom. The monoisotopic (exact) mass is 379 g/mol. The average molecular weight is 379 g/mol. The molecule has 2 aliphatic rings. The molecule has 1 atom stereocenters. The van der Waals surface area contributed by atoms with E-state index in [4.69, 9.17) is 0 Å². The fourth-order valence-corrected chi connectivity index (χ4v) is 5.20. The molecule has 0 bridgehead atoms. The zero-order valence-electron chi connectivity index (χ0n) is 15.2. The third-order valence-corrected chi connectivity index (χ3v) is 7.01. The number of hydrogen-bond donors (Lipinski definition) is 1. The van der Waals surface area contributed by atoms with E-state index in [1.54, 1.807) is 4.90 Å². The topological polar surface area (TPSA) is 86.8 Å². The highest BCUT2D eigenvalue weighted by Gasteiger charge is 2.32. The number of aryl methyl sites for hydroxylation is 1. The Balaban J connectivity index is 1.55. The van der Waals surface area contributed by atoms with Gasteiger partial charge in [-0.1, -0.05) is 12.1 Å². The maximum Gasteiger partial charge on any atom is 0.312 e. The van der Waals surface area contributed by atoms with E-state index >= 15 is 0 Å². The van der Waals surface area contributed by atoms with Crippen LogP contribution in [0.5, 0.6) is 0 Å². The maximum absolute atomic E-state index is 12.4. The molecular weight excluding hydrogens is 354 g/mol. The summed E-state index contributed by atoms with van der Waals surface area (Å²) >= 11 is 0. The highest BCUT2D eigenvalue weighted by Crippen LogP contribution is 2.23. The molecule has 3 rings (SSSR count). The Hall–Kier alpha value is -2.09. The highest BCUT2D eigenvalue weighted by atomic mass is 32.2. The maximum atomic E-state index is 12.4. The van der Waals surface area contributed by atoms with Gasteiger partial charge in [-0.2, -0.15) is 0 Å². The minimum absolute atomic E-state index is 0.0701. The molecule has 0 spiro atoms. The van der Waals surface area contributed by atoms with Crippen molar-refractivity contribution in [2.24, 2.45) is 0 Å². The molecular formula is C18H25N3O4S. The lowest BCUT2D eigenvalue weighted by Gasteiger charge is -2.36. The molecule has 2 aliphatic heterocycles. The lowest BCUT2D eigenvalue weighted by Crippen LogP contribution is -2.54. The van der Waals surface area contributed by atoms with E-state index in [0.29, 0.717) is 32.6 Å². The van der Waals surface area contributed by atoms with Gasteiger partial charge in [-0.05, 0) is 37.5 Å². The molecule has 0 saturated carbocycles. The van der Waals surface area contributed by atoms with E-state index in [0.717, 1.165) is 5.69 Å². The van der Waals surface area contributed by atoms with Gasteiger partial charge >= 0.3 is 11.8 Å². The number of anilines is 1. The van der Waals surface area contributed by atoms with E-state index in [9.17, 15) is 18.0 Å². The molecule has 0 aromatic heterocycles. The van der Waals surface area contributed by atoms with Crippen LogP contribution in [0.2, 0.25) is 0 Å². The highest BCUT2D eigenvalue weighted by molar-refractivity contribution is 7.91. The summed E-state index contributed by atoms with van der Waals surface area (Å²) in [6, 6.07) is 5.73. The standard InChI is InChI=1S/C18H25N3O4S/c1-13-4-3-5-16(14(13)2)20-7-9-21(10-8-20)18(23)17(22)19-15-6-11-26(24,25)12-15/h3-5,15H,6-12H2,1-2H3,(H,19,22). The number of carbonyl (C=O) groups excluding carboxylic acids is 2. The van der Waals surface area contributed by atoms with Gasteiger partial charge in [0.25, 0.3) is 0 Å². The number of piperazine rings is 1. The van der Waals surface area contributed by atoms with E-state index in [1.807, 2.05) is 6.07 Å². The minimum Gasteiger partial charge on any atom is -0.368 e. The first-order valence-corrected chi connectivity index (χ1v) is 10.7. The van der Waals surface area contributed by atoms with Crippen molar-refractivity contribution in [1.29, 1.82) is 0 Å². The van der Waals surface area contributed by atoms with Crippen LogP contribution in [0.25, 0.3) is 0 Å². The third kappa shape index (κ3) is 4.00. The van der Waals surface area contributed by atoms with E-state index in [2.05, 4.69) is 36.2 Å². The fourth-order valence-electron chi connectivity index (χ4n) is 3.53. The predicted molar refractivity (Wildman–Crippen MR) is 99.9 cm³/mol. The van der Waals surface area contributed by atoms with Crippen LogP contribution in [-0.4, -0.2) is 68.9 Å². The number of benzene rings is 1. The van der Waals surface area contributed by atoms with Crippen LogP contribution < -0.4 is 10.2 Å². The molecule has 142 valence electrons. The van der Waals surface area contributed by atoms with Gasteiger partial charge in [0.2, 0.25) is 0 Å². The van der Waals surface area contributed by atoms with Gasteiger partial charge in [-0.15, -0.1) is 0 Å². The first-order valence-electron chi connectivity index (χ1n) is 8.88. The number of nitrogens with one attached hydrogen (secondary N) is 1. The molecule has 8 heteroatoms. The van der Waals surface area contributed by atoms with Gasteiger partial charge in [0.15, 0.2) is 9.84 Å². The third-order valence-electron chi connectivity index (χ3n) is 5.25. The Kier molecular flexibility index (Phi) is 5.22. The normalized spacial score (nSPS) is 22.3. The molecule has 2 fully saturated rings. The summed E-state index contributed by atoms with van der Waals surface area (Å²) in [7, 11) is -3.08. The first kappa shape index (κ1) is 18.7. The molecule has 2 heterocycles. The number of carbonyl (C=O) groups is 2. The molecule has 7 nitrogen and oxygen atoms in total. The van der Waals surface area contributed by atoms with E-state index in [-0.39, 0.29) is 11.5 Å². The summed E-state index contributed by atoms with van der Waals surface area (Å²) in [5.74, 6) is -1.28. The van der Waals surface area contributed by atoms with Crippen LogP contribution in [0.4, 0.5) is 5.69 Å². The van der Waals surface area contributed by atoms with Gasteiger partial charge in [0, 0.05) is 37.9 Å². The van der Waals surface area contributed by atoms with E-state index in [1.165, 1.54) is 11.1 Å². The lowest BCUT2D eigenvalue weighted by atomic mass is 10.1. The average Bonchev–Trinajstić information content (AvgIpc) is 2.95. The van der Waals surface area contributed by atoms with Crippen molar-refractivity contribution < 1.29 is 18.0 Å². The molecule has 2 amide bonds. The van der Waals surface area contributed by atoms with Crippen molar-refractivity contribution in [2.75, 3.05) is 42.6 Å². The number of nitrogens with zero attached hydrogens (tertiary/aromatic N) is 2.